The van der Waals surface area contributed by atoms with Crippen molar-refractivity contribution in [2.45, 2.75) is 32.1 Å². The number of rotatable bonds is 7. The molecule has 0 spiro atoms. The molecule has 0 fully saturated rings. The minimum Gasteiger partial charge on any atom is -0.441 e. The van der Waals surface area contributed by atoms with E-state index in [1.165, 1.54) is 12.3 Å². The summed E-state index contributed by atoms with van der Waals surface area (Å²) in [5, 5.41) is 3.91. The third-order valence-corrected chi connectivity index (χ3v) is 5.43. The molecule has 3 rings (SSSR count). The lowest BCUT2D eigenvalue weighted by atomic mass is 9.84. The molecule has 1 N–H and O–H groups in total. The van der Waals surface area contributed by atoms with E-state index < -0.39 is 0 Å². The average Bonchev–Trinajstić information content (AvgIpc) is 3.16. The van der Waals surface area contributed by atoms with Crippen molar-refractivity contribution in [2.75, 3.05) is 6.54 Å². The van der Waals surface area contributed by atoms with Gasteiger partial charge in [0.05, 0.1) is 21.8 Å². The van der Waals surface area contributed by atoms with E-state index in [1.54, 1.807) is 24.3 Å². The zero-order valence-corrected chi connectivity index (χ0v) is 17.6. The molecule has 7 heteroatoms. The predicted octanol–water partition coefficient (Wildman–Crippen LogP) is 5.81. The Kier molecular flexibility index (Phi) is 6.60. The second-order valence-electron chi connectivity index (χ2n) is 7.39. The van der Waals surface area contributed by atoms with Crippen molar-refractivity contribution in [3.63, 3.8) is 0 Å². The highest BCUT2D eigenvalue weighted by molar-refractivity contribution is 6.42. The molecular formula is C22H21Cl2FN2O2. The molecule has 2 aromatic carbocycles. The number of carbonyl (C=O) groups excluding carboxylic acids is 1. The van der Waals surface area contributed by atoms with Crippen LogP contribution in [0.1, 0.15) is 31.7 Å². The van der Waals surface area contributed by atoms with E-state index in [0.29, 0.717) is 40.2 Å². The van der Waals surface area contributed by atoms with Gasteiger partial charge in [-0.05, 0) is 29.8 Å². The van der Waals surface area contributed by atoms with Crippen LogP contribution in [0.3, 0.4) is 0 Å². The van der Waals surface area contributed by atoms with Crippen molar-refractivity contribution in [1.29, 1.82) is 0 Å². The summed E-state index contributed by atoms with van der Waals surface area (Å²) in [4.78, 5) is 16.4. The smallest absolute Gasteiger partial charge is 0.220 e. The topological polar surface area (TPSA) is 55.1 Å². The van der Waals surface area contributed by atoms with E-state index in [4.69, 9.17) is 27.6 Å². The van der Waals surface area contributed by atoms with E-state index >= 15 is 0 Å². The molecule has 0 atom stereocenters. The van der Waals surface area contributed by atoms with Crippen molar-refractivity contribution < 1.29 is 13.6 Å². The van der Waals surface area contributed by atoms with E-state index in [9.17, 15) is 9.18 Å². The summed E-state index contributed by atoms with van der Waals surface area (Å²) >= 11 is 12.1. The highest BCUT2D eigenvalue weighted by atomic mass is 35.5. The molecular weight excluding hydrogens is 414 g/mol. The Hall–Kier alpha value is -2.37. The summed E-state index contributed by atoms with van der Waals surface area (Å²) in [5.74, 6) is 0.239. The molecule has 4 nitrogen and oxygen atoms in total. The van der Waals surface area contributed by atoms with Crippen LogP contribution < -0.4 is 5.32 Å². The first kappa shape index (κ1) is 21.3. The Morgan fingerprint density at radius 2 is 1.93 bits per heavy atom. The molecule has 0 aliphatic rings. The summed E-state index contributed by atoms with van der Waals surface area (Å²) < 4.78 is 19.4. The monoisotopic (exact) mass is 434 g/mol. The number of hydrogen-bond donors (Lipinski definition) is 1. The van der Waals surface area contributed by atoms with Crippen LogP contribution in [0, 0.1) is 5.82 Å². The molecule has 1 aromatic heterocycles. The number of oxazole rings is 1. The SMILES string of the molecule is CC(C)(CNC(=O)CCc1ncc(-c2ccccc2F)o1)c1ccc(Cl)c(Cl)c1. The summed E-state index contributed by atoms with van der Waals surface area (Å²) in [6, 6.07) is 11.8. The number of halogens is 3. The van der Waals surface area contributed by atoms with Crippen LogP contribution in [0.25, 0.3) is 11.3 Å². The maximum atomic E-state index is 13.8. The van der Waals surface area contributed by atoms with Crippen LogP contribution in [0.4, 0.5) is 4.39 Å². The van der Waals surface area contributed by atoms with Gasteiger partial charge in [-0.2, -0.15) is 0 Å². The lowest BCUT2D eigenvalue weighted by Crippen LogP contribution is -2.36. The highest BCUT2D eigenvalue weighted by Gasteiger charge is 2.22. The van der Waals surface area contributed by atoms with Gasteiger partial charge in [-0.15, -0.1) is 0 Å². The Balaban J connectivity index is 1.54. The molecule has 29 heavy (non-hydrogen) atoms. The van der Waals surface area contributed by atoms with Gasteiger partial charge in [0.15, 0.2) is 11.7 Å². The van der Waals surface area contributed by atoms with E-state index in [2.05, 4.69) is 10.3 Å². The molecule has 152 valence electrons. The number of benzene rings is 2. The van der Waals surface area contributed by atoms with Gasteiger partial charge in [0.25, 0.3) is 0 Å². The molecule has 1 amide bonds. The fourth-order valence-corrected chi connectivity index (χ4v) is 3.16. The van der Waals surface area contributed by atoms with Gasteiger partial charge in [-0.3, -0.25) is 4.79 Å². The van der Waals surface area contributed by atoms with Crippen molar-refractivity contribution in [3.8, 4) is 11.3 Å². The highest BCUT2D eigenvalue weighted by Crippen LogP contribution is 2.29. The maximum Gasteiger partial charge on any atom is 0.220 e. The third kappa shape index (κ3) is 5.37. The normalized spacial score (nSPS) is 11.5. The molecule has 3 aromatic rings. The van der Waals surface area contributed by atoms with Crippen molar-refractivity contribution in [2.24, 2.45) is 0 Å². The number of aromatic nitrogens is 1. The summed E-state index contributed by atoms with van der Waals surface area (Å²) in [6.45, 7) is 4.47. The number of nitrogens with one attached hydrogen (secondary N) is 1. The van der Waals surface area contributed by atoms with Gasteiger partial charge in [-0.25, -0.2) is 9.37 Å². The minimum absolute atomic E-state index is 0.122. The molecule has 0 radical (unpaired) electrons. The van der Waals surface area contributed by atoms with E-state index in [1.807, 2.05) is 26.0 Å². The van der Waals surface area contributed by atoms with E-state index in [-0.39, 0.29) is 23.6 Å². The van der Waals surface area contributed by atoms with Crippen LogP contribution in [0.2, 0.25) is 10.0 Å². The van der Waals surface area contributed by atoms with Crippen molar-refractivity contribution in [1.82, 2.24) is 10.3 Å². The Morgan fingerprint density at radius 1 is 1.17 bits per heavy atom. The summed E-state index contributed by atoms with van der Waals surface area (Å²) in [7, 11) is 0. The lowest BCUT2D eigenvalue weighted by molar-refractivity contribution is -0.121. The second-order valence-corrected chi connectivity index (χ2v) is 8.20. The van der Waals surface area contributed by atoms with Crippen LogP contribution in [-0.4, -0.2) is 17.4 Å². The number of hydrogen-bond acceptors (Lipinski definition) is 3. The van der Waals surface area contributed by atoms with Crippen molar-refractivity contribution in [3.05, 3.63) is 76.0 Å². The fraction of sp³-hybridized carbons (Fsp3) is 0.273. The van der Waals surface area contributed by atoms with Gasteiger partial charge < -0.3 is 9.73 Å². The summed E-state index contributed by atoms with van der Waals surface area (Å²) in [6.07, 6.45) is 2.02. The number of carbonyl (C=O) groups is 1. The molecule has 0 aliphatic carbocycles. The Morgan fingerprint density at radius 3 is 2.66 bits per heavy atom. The number of nitrogens with zero attached hydrogens (tertiary/aromatic N) is 1. The largest absolute Gasteiger partial charge is 0.441 e. The van der Waals surface area contributed by atoms with Gasteiger partial charge in [0.2, 0.25) is 5.91 Å². The van der Waals surface area contributed by atoms with Crippen LogP contribution in [0.5, 0.6) is 0 Å². The first-order valence-corrected chi connectivity index (χ1v) is 9.94. The van der Waals surface area contributed by atoms with E-state index in [0.717, 1.165) is 5.56 Å². The zero-order chi connectivity index (χ0) is 21.0. The Bertz CT molecular complexity index is 1020. The van der Waals surface area contributed by atoms with Crippen LogP contribution in [0.15, 0.2) is 53.1 Å². The minimum atomic E-state index is -0.377. The van der Waals surface area contributed by atoms with Crippen molar-refractivity contribution >= 4 is 29.1 Å². The molecule has 0 unspecified atom stereocenters. The predicted molar refractivity (Wildman–Crippen MR) is 113 cm³/mol. The van der Waals surface area contributed by atoms with Gasteiger partial charge in [0.1, 0.15) is 5.82 Å². The molecule has 1 heterocycles. The lowest BCUT2D eigenvalue weighted by Gasteiger charge is -2.26. The maximum absolute atomic E-state index is 13.8. The van der Waals surface area contributed by atoms with Gasteiger partial charge in [0, 0.05) is 24.8 Å². The van der Waals surface area contributed by atoms with Crippen LogP contribution in [-0.2, 0) is 16.6 Å². The zero-order valence-electron chi connectivity index (χ0n) is 16.1. The quantitative estimate of drug-likeness (QED) is 0.509. The average molecular weight is 435 g/mol. The molecule has 0 saturated heterocycles. The molecule has 0 aliphatic heterocycles. The standard InChI is InChI=1S/C22H21Cl2FN2O2/c1-22(2,14-7-8-16(23)17(24)11-14)13-27-20(28)9-10-21-26-12-19(29-21)15-5-3-4-6-18(15)25/h3-8,11-12H,9-10,13H2,1-2H3,(H,27,28). The van der Waals surface area contributed by atoms with Crippen LogP contribution >= 0.6 is 23.2 Å². The first-order chi connectivity index (χ1) is 13.8. The number of aryl methyl sites for hydroxylation is 1. The Labute approximate surface area is 179 Å². The first-order valence-electron chi connectivity index (χ1n) is 9.18. The third-order valence-electron chi connectivity index (χ3n) is 4.69. The molecule has 0 saturated carbocycles. The van der Waals surface area contributed by atoms with Gasteiger partial charge >= 0.3 is 0 Å². The summed E-state index contributed by atoms with van der Waals surface area (Å²) in [5.41, 5.74) is 1.01. The van der Waals surface area contributed by atoms with Gasteiger partial charge in [-0.1, -0.05) is 55.2 Å². The molecule has 0 bridgehead atoms. The second kappa shape index (κ2) is 8.97. The fourth-order valence-electron chi connectivity index (χ4n) is 2.86. The number of amides is 1.